The number of nitrogens with zero attached hydrogens (tertiary/aromatic N) is 2. The molecule has 2 atom stereocenters. The van der Waals surface area contributed by atoms with Crippen molar-refractivity contribution in [3.05, 3.63) is 29.3 Å². The average Bonchev–Trinajstić information content (AvgIpc) is 2.82. The van der Waals surface area contributed by atoms with Gasteiger partial charge in [0, 0.05) is 18.5 Å². The predicted molar refractivity (Wildman–Crippen MR) is 139 cm³/mol. The first-order chi connectivity index (χ1) is 18.2. The zero-order chi connectivity index (χ0) is 29.8. The summed E-state index contributed by atoms with van der Waals surface area (Å²) in [5, 5.41) is 25.2. The number of hydrogen-bond acceptors (Lipinski definition) is 9. The molecular formula is C26H37N5O8. The summed E-state index contributed by atoms with van der Waals surface area (Å²) in [6, 6.07) is 3.45. The van der Waals surface area contributed by atoms with Crippen LogP contribution in [0.3, 0.4) is 0 Å². The van der Waals surface area contributed by atoms with Crippen LogP contribution in [0.2, 0.25) is 0 Å². The van der Waals surface area contributed by atoms with Gasteiger partial charge in [-0.1, -0.05) is 18.2 Å². The number of nitrogens with two attached hydrogens (primary N) is 1. The van der Waals surface area contributed by atoms with Crippen LogP contribution in [0.25, 0.3) is 0 Å². The minimum Gasteiger partial charge on any atom is -0.507 e. The molecule has 0 saturated carbocycles. The fourth-order valence-corrected chi connectivity index (χ4v) is 3.54. The number of rotatable bonds is 13. The lowest BCUT2D eigenvalue weighted by molar-refractivity contribution is -0.144. The maximum absolute atomic E-state index is 13.7. The van der Waals surface area contributed by atoms with E-state index in [4.69, 9.17) is 15.2 Å². The van der Waals surface area contributed by atoms with Crippen molar-refractivity contribution in [3.63, 3.8) is 0 Å². The van der Waals surface area contributed by atoms with Crippen LogP contribution in [-0.4, -0.2) is 71.1 Å². The van der Waals surface area contributed by atoms with E-state index in [1.807, 2.05) is 6.07 Å². The zero-order valence-corrected chi connectivity index (χ0v) is 22.9. The number of nitriles is 1. The Balaban J connectivity index is 3.47. The number of nitrogens with one attached hydrogen (secondary N) is 2. The summed E-state index contributed by atoms with van der Waals surface area (Å²) >= 11 is 0. The van der Waals surface area contributed by atoms with Gasteiger partial charge in [0.2, 0.25) is 17.7 Å². The number of carbonyl (C=O) groups excluding carboxylic acids is 5. The Morgan fingerprint density at radius 3 is 2.41 bits per heavy atom. The first-order valence-electron chi connectivity index (χ1n) is 12.4. The third-order valence-corrected chi connectivity index (χ3v) is 5.25. The van der Waals surface area contributed by atoms with Crippen LogP contribution in [0.15, 0.2) is 18.2 Å². The van der Waals surface area contributed by atoms with E-state index in [0.29, 0.717) is 5.56 Å². The van der Waals surface area contributed by atoms with Crippen LogP contribution in [0.4, 0.5) is 4.79 Å². The lowest BCUT2D eigenvalue weighted by Gasteiger charge is -2.33. The van der Waals surface area contributed by atoms with Gasteiger partial charge in [0.1, 0.15) is 30.0 Å². The molecule has 1 rings (SSSR count). The van der Waals surface area contributed by atoms with Crippen molar-refractivity contribution in [2.45, 2.75) is 71.6 Å². The number of aromatic hydroxyl groups is 1. The van der Waals surface area contributed by atoms with Crippen molar-refractivity contribution in [2.75, 3.05) is 19.7 Å². The zero-order valence-electron chi connectivity index (χ0n) is 22.9. The standard InChI is InChI=1S/C26H37N5O8/c1-6-38-20(33)12-14-29-23(35)21(17-9-7-8-16(2)22(17)34)31(15-13-27)24(36)18(10-11-19(28)32)30-25(37)39-26(3,4)5/h7-9,18,21,34H,6,10-12,14-15H2,1-5H3,(H2,28,32)(H,29,35)(H,30,37). The van der Waals surface area contributed by atoms with E-state index in [1.54, 1.807) is 46.8 Å². The number of primary amides is 1. The van der Waals surface area contributed by atoms with Gasteiger partial charge in [-0.2, -0.15) is 5.26 Å². The van der Waals surface area contributed by atoms with Gasteiger partial charge in [-0.25, -0.2) is 4.79 Å². The van der Waals surface area contributed by atoms with E-state index >= 15 is 0 Å². The molecule has 0 aliphatic rings. The molecule has 13 heteroatoms. The van der Waals surface area contributed by atoms with Gasteiger partial charge in [0.05, 0.1) is 19.1 Å². The molecule has 0 fully saturated rings. The number of alkyl carbamates (subject to hydrolysis) is 1. The summed E-state index contributed by atoms with van der Waals surface area (Å²) in [6.45, 7) is 7.48. The summed E-state index contributed by atoms with van der Waals surface area (Å²) in [5.41, 5.74) is 4.76. The molecular weight excluding hydrogens is 510 g/mol. The van der Waals surface area contributed by atoms with E-state index < -0.39 is 54.0 Å². The lowest BCUT2D eigenvalue weighted by atomic mass is 9.98. The van der Waals surface area contributed by atoms with Crippen molar-refractivity contribution in [1.82, 2.24) is 15.5 Å². The number of para-hydroxylation sites is 1. The summed E-state index contributed by atoms with van der Waals surface area (Å²) < 4.78 is 10.1. The second-order valence-electron chi connectivity index (χ2n) is 9.59. The number of benzene rings is 1. The minimum atomic E-state index is -1.53. The molecule has 0 bridgehead atoms. The van der Waals surface area contributed by atoms with Crippen molar-refractivity contribution in [1.29, 1.82) is 5.26 Å². The molecule has 1 aromatic rings. The quantitative estimate of drug-likeness (QED) is 0.207. The fraction of sp³-hybridized carbons (Fsp3) is 0.538. The topological polar surface area (TPSA) is 201 Å². The van der Waals surface area contributed by atoms with Crippen molar-refractivity contribution in [2.24, 2.45) is 5.73 Å². The van der Waals surface area contributed by atoms with E-state index in [9.17, 15) is 34.3 Å². The SMILES string of the molecule is CCOC(=O)CCNC(=O)C(c1cccc(C)c1O)N(CC#N)C(=O)C(CCC(N)=O)NC(=O)OC(C)(C)C. The number of phenols is 1. The number of phenolic OH excluding ortho intramolecular Hbond substituents is 1. The molecule has 5 N–H and O–H groups in total. The highest BCUT2D eigenvalue weighted by Gasteiger charge is 2.37. The normalized spacial score (nSPS) is 12.3. The molecule has 0 aliphatic heterocycles. The highest BCUT2D eigenvalue weighted by molar-refractivity contribution is 5.93. The van der Waals surface area contributed by atoms with E-state index in [2.05, 4.69) is 10.6 Å². The molecule has 39 heavy (non-hydrogen) atoms. The van der Waals surface area contributed by atoms with E-state index in [0.717, 1.165) is 4.90 Å². The molecule has 2 unspecified atom stereocenters. The number of ether oxygens (including phenoxy) is 2. The Hall–Kier alpha value is -4.34. The Kier molecular flexibility index (Phi) is 12.7. The third-order valence-electron chi connectivity index (χ3n) is 5.25. The maximum Gasteiger partial charge on any atom is 0.408 e. The van der Waals surface area contributed by atoms with Gasteiger partial charge in [0.15, 0.2) is 0 Å². The summed E-state index contributed by atoms with van der Waals surface area (Å²) in [7, 11) is 0. The van der Waals surface area contributed by atoms with Crippen molar-refractivity contribution >= 4 is 29.8 Å². The molecule has 0 aliphatic carbocycles. The van der Waals surface area contributed by atoms with Gasteiger partial charge in [-0.05, 0) is 46.6 Å². The van der Waals surface area contributed by atoms with Crippen LogP contribution in [0, 0.1) is 18.3 Å². The lowest BCUT2D eigenvalue weighted by Crippen LogP contribution is -2.53. The molecule has 0 radical (unpaired) electrons. The second-order valence-corrected chi connectivity index (χ2v) is 9.59. The van der Waals surface area contributed by atoms with Gasteiger partial charge >= 0.3 is 12.1 Å². The molecule has 0 saturated heterocycles. The van der Waals surface area contributed by atoms with Crippen LogP contribution in [0.1, 0.15) is 64.1 Å². The Labute approximate surface area is 227 Å². The van der Waals surface area contributed by atoms with Crippen molar-refractivity contribution in [3.8, 4) is 11.8 Å². The number of esters is 1. The van der Waals surface area contributed by atoms with E-state index in [-0.39, 0.29) is 43.7 Å². The molecule has 13 nitrogen and oxygen atoms in total. The summed E-state index contributed by atoms with van der Waals surface area (Å²) in [6.07, 6.45) is -1.65. The molecule has 214 valence electrons. The highest BCUT2D eigenvalue weighted by Crippen LogP contribution is 2.32. The van der Waals surface area contributed by atoms with Crippen LogP contribution in [0.5, 0.6) is 5.75 Å². The van der Waals surface area contributed by atoms with Crippen LogP contribution >= 0.6 is 0 Å². The predicted octanol–water partition coefficient (Wildman–Crippen LogP) is 1.32. The van der Waals surface area contributed by atoms with Crippen molar-refractivity contribution < 1.29 is 38.6 Å². The molecule has 4 amide bonds. The maximum atomic E-state index is 13.7. The average molecular weight is 548 g/mol. The monoisotopic (exact) mass is 547 g/mol. The van der Waals surface area contributed by atoms with Crippen LogP contribution in [-0.2, 0) is 28.7 Å². The van der Waals surface area contributed by atoms with Gasteiger partial charge in [-0.3, -0.25) is 19.2 Å². The molecule has 0 aromatic heterocycles. The largest absolute Gasteiger partial charge is 0.507 e. The van der Waals surface area contributed by atoms with Gasteiger partial charge in [0.25, 0.3) is 0 Å². The Morgan fingerprint density at radius 2 is 1.85 bits per heavy atom. The molecule has 0 spiro atoms. The fourth-order valence-electron chi connectivity index (χ4n) is 3.54. The van der Waals surface area contributed by atoms with E-state index in [1.165, 1.54) is 6.07 Å². The number of carbonyl (C=O) groups is 5. The van der Waals surface area contributed by atoms with Crippen LogP contribution < -0.4 is 16.4 Å². The van der Waals surface area contributed by atoms with Gasteiger partial charge < -0.3 is 35.8 Å². The second kappa shape index (κ2) is 15.2. The minimum absolute atomic E-state index is 0.0122. The third kappa shape index (κ3) is 10.9. The first kappa shape index (κ1) is 32.7. The molecule has 1 aromatic carbocycles. The Bertz CT molecular complexity index is 1090. The van der Waals surface area contributed by atoms with Gasteiger partial charge in [-0.15, -0.1) is 0 Å². The summed E-state index contributed by atoms with van der Waals surface area (Å²) in [4.78, 5) is 63.7. The smallest absolute Gasteiger partial charge is 0.408 e. The number of hydrogen-bond donors (Lipinski definition) is 4. The number of aryl methyl sites for hydroxylation is 1. The first-order valence-corrected chi connectivity index (χ1v) is 12.4. The number of amides is 4. The highest BCUT2D eigenvalue weighted by atomic mass is 16.6. The molecule has 0 heterocycles. The summed E-state index contributed by atoms with van der Waals surface area (Å²) in [5.74, 6) is -3.27. The Morgan fingerprint density at radius 1 is 1.18 bits per heavy atom.